The first kappa shape index (κ1) is 20.4. The minimum absolute atomic E-state index is 0.0138. The fourth-order valence-electron chi connectivity index (χ4n) is 2.70. The second kappa shape index (κ2) is 9.68. The fraction of sp³-hybridized carbons (Fsp3) is 0.300. The van der Waals surface area contributed by atoms with Crippen molar-refractivity contribution in [1.82, 2.24) is 10.2 Å². The molecule has 27 heavy (non-hydrogen) atoms. The van der Waals surface area contributed by atoms with Crippen LogP contribution in [0.3, 0.4) is 0 Å². The molecule has 0 unspecified atom stereocenters. The van der Waals surface area contributed by atoms with Gasteiger partial charge in [-0.25, -0.2) is 9.18 Å². The summed E-state index contributed by atoms with van der Waals surface area (Å²) in [5.41, 5.74) is 1.01. The van der Waals surface area contributed by atoms with Gasteiger partial charge in [0.15, 0.2) is 0 Å². The van der Waals surface area contributed by atoms with Gasteiger partial charge in [-0.15, -0.1) is 0 Å². The summed E-state index contributed by atoms with van der Waals surface area (Å²) < 4.78 is 18.8. The number of rotatable bonds is 7. The highest BCUT2D eigenvalue weighted by molar-refractivity contribution is 6.01. The monoisotopic (exact) mass is 373 g/mol. The smallest absolute Gasteiger partial charge is 0.326 e. The number of ether oxygens (including phenoxy) is 1. The molecule has 2 N–H and O–H groups in total. The van der Waals surface area contributed by atoms with Crippen molar-refractivity contribution in [2.24, 2.45) is 0 Å². The van der Waals surface area contributed by atoms with E-state index >= 15 is 0 Å². The molecule has 3 amide bonds. The zero-order valence-electron chi connectivity index (χ0n) is 15.7. The van der Waals surface area contributed by atoms with Gasteiger partial charge in [0.05, 0.1) is 19.3 Å². The summed E-state index contributed by atoms with van der Waals surface area (Å²) in [6, 6.07) is 12.6. The molecule has 6 nitrogen and oxygen atoms in total. The number of methoxy groups -OCH3 is 1. The number of nitrogens with zero attached hydrogens (tertiary/aromatic N) is 1. The number of hydrogen-bond donors (Lipinski definition) is 2. The van der Waals surface area contributed by atoms with Crippen LogP contribution >= 0.6 is 0 Å². The van der Waals surface area contributed by atoms with E-state index in [1.165, 1.54) is 18.2 Å². The highest BCUT2D eigenvalue weighted by Gasteiger charge is 2.19. The third-order valence-corrected chi connectivity index (χ3v) is 4.25. The summed E-state index contributed by atoms with van der Waals surface area (Å²) in [7, 11) is 1.60. The number of halogens is 1. The Bertz CT molecular complexity index is 798. The lowest BCUT2D eigenvalue weighted by Crippen LogP contribution is -2.42. The standard InChI is InChI=1S/C20H24FN3O3/c1-4-24(14(2)15-8-7-9-16(12-15)27-3)13-19(25)23-20(26)22-18-11-6-5-10-17(18)21/h5-12,14H,4,13H2,1-3H3,(H2,22,23,25,26)/t14-/m0/s1. The molecule has 2 aromatic carbocycles. The van der Waals surface area contributed by atoms with Crippen LogP contribution in [0.1, 0.15) is 25.5 Å². The van der Waals surface area contributed by atoms with E-state index in [0.29, 0.717) is 6.54 Å². The zero-order chi connectivity index (χ0) is 19.8. The number of benzene rings is 2. The molecule has 0 aromatic heterocycles. The maximum Gasteiger partial charge on any atom is 0.326 e. The summed E-state index contributed by atoms with van der Waals surface area (Å²) in [4.78, 5) is 26.1. The highest BCUT2D eigenvalue weighted by atomic mass is 19.1. The molecule has 0 radical (unpaired) electrons. The number of anilines is 1. The van der Waals surface area contributed by atoms with Gasteiger partial charge in [-0.1, -0.05) is 31.2 Å². The molecule has 0 bridgehead atoms. The molecule has 2 aromatic rings. The molecule has 0 heterocycles. The van der Waals surface area contributed by atoms with Crippen LogP contribution in [0.25, 0.3) is 0 Å². The fourth-order valence-corrected chi connectivity index (χ4v) is 2.70. The third kappa shape index (κ3) is 5.79. The molecule has 144 valence electrons. The zero-order valence-corrected chi connectivity index (χ0v) is 15.7. The Morgan fingerprint density at radius 3 is 2.59 bits per heavy atom. The van der Waals surface area contributed by atoms with Crippen LogP contribution in [0, 0.1) is 5.82 Å². The van der Waals surface area contributed by atoms with Crippen molar-refractivity contribution >= 4 is 17.6 Å². The Morgan fingerprint density at radius 2 is 1.93 bits per heavy atom. The number of amides is 3. The number of carbonyl (C=O) groups is 2. The predicted molar refractivity (Wildman–Crippen MR) is 102 cm³/mol. The van der Waals surface area contributed by atoms with Gasteiger partial charge < -0.3 is 10.1 Å². The van der Waals surface area contributed by atoms with Crippen LogP contribution in [-0.2, 0) is 4.79 Å². The van der Waals surface area contributed by atoms with Crippen molar-refractivity contribution < 1.29 is 18.7 Å². The van der Waals surface area contributed by atoms with E-state index in [9.17, 15) is 14.0 Å². The van der Waals surface area contributed by atoms with Gasteiger partial charge in [0.1, 0.15) is 11.6 Å². The first-order valence-electron chi connectivity index (χ1n) is 8.68. The van der Waals surface area contributed by atoms with Crippen LogP contribution in [0.2, 0.25) is 0 Å². The first-order valence-corrected chi connectivity index (χ1v) is 8.68. The summed E-state index contributed by atoms with van der Waals surface area (Å²) >= 11 is 0. The SMILES string of the molecule is CCN(CC(=O)NC(=O)Nc1ccccc1F)[C@@H](C)c1cccc(OC)c1. The van der Waals surface area contributed by atoms with E-state index in [2.05, 4.69) is 10.6 Å². The van der Waals surface area contributed by atoms with Crippen LogP contribution in [0.15, 0.2) is 48.5 Å². The Labute approximate surface area is 158 Å². The Morgan fingerprint density at radius 1 is 1.19 bits per heavy atom. The number of likely N-dealkylation sites (N-methyl/N-ethyl adjacent to an activating group) is 1. The van der Waals surface area contributed by atoms with Gasteiger partial charge in [0.2, 0.25) is 5.91 Å². The Hall–Kier alpha value is -2.93. The lowest BCUT2D eigenvalue weighted by molar-refractivity contribution is -0.121. The third-order valence-electron chi connectivity index (χ3n) is 4.25. The Kier molecular flexibility index (Phi) is 7.31. The molecule has 0 fully saturated rings. The maximum absolute atomic E-state index is 13.6. The summed E-state index contributed by atoms with van der Waals surface area (Å²) in [6.45, 7) is 4.55. The minimum atomic E-state index is -0.768. The first-order chi connectivity index (χ1) is 12.9. The van der Waals surface area contributed by atoms with Gasteiger partial charge >= 0.3 is 6.03 Å². The average Bonchev–Trinajstić information content (AvgIpc) is 2.67. The lowest BCUT2D eigenvalue weighted by Gasteiger charge is -2.27. The second-order valence-corrected chi connectivity index (χ2v) is 6.00. The largest absolute Gasteiger partial charge is 0.497 e. The van der Waals surface area contributed by atoms with Crippen molar-refractivity contribution in [1.29, 1.82) is 0 Å². The predicted octanol–water partition coefficient (Wildman–Crippen LogP) is 3.57. The summed E-state index contributed by atoms with van der Waals surface area (Å²) in [5.74, 6) is -0.300. The normalized spacial score (nSPS) is 11.7. The van der Waals surface area contributed by atoms with Crippen molar-refractivity contribution in [2.75, 3.05) is 25.5 Å². The van der Waals surface area contributed by atoms with E-state index in [1.54, 1.807) is 13.2 Å². The number of urea groups is 1. The van der Waals surface area contributed by atoms with Gasteiger partial charge in [0.25, 0.3) is 0 Å². The molecule has 0 spiro atoms. The maximum atomic E-state index is 13.6. The molecular formula is C20H24FN3O3. The van der Waals surface area contributed by atoms with Crippen LogP contribution < -0.4 is 15.4 Å². The van der Waals surface area contributed by atoms with Gasteiger partial charge in [0, 0.05) is 6.04 Å². The van der Waals surface area contributed by atoms with E-state index in [4.69, 9.17) is 4.74 Å². The van der Waals surface area contributed by atoms with Crippen LogP contribution in [-0.4, -0.2) is 37.0 Å². The van der Waals surface area contributed by atoms with E-state index < -0.39 is 17.8 Å². The Balaban J connectivity index is 1.95. The number of carbonyl (C=O) groups excluding carboxylic acids is 2. The van der Waals surface area contributed by atoms with Crippen molar-refractivity contribution in [2.45, 2.75) is 19.9 Å². The lowest BCUT2D eigenvalue weighted by atomic mass is 10.1. The number of imide groups is 1. The second-order valence-electron chi connectivity index (χ2n) is 6.00. The molecule has 0 aliphatic heterocycles. The molecular weight excluding hydrogens is 349 g/mol. The number of nitrogens with one attached hydrogen (secondary N) is 2. The minimum Gasteiger partial charge on any atom is -0.497 e. The highest BCUT2D eigenvalue weighted by Crippen LogP contribution is 2.23. The van der Waals surface area contributed by atoms with Crippen molar-refractivity contribution in [3.63, 3.8) is 0 Å². The van der Waals surface area contributed by atoms with Crippen molar-refractivity contribution in [3.05, 3.63) is 59.9 Å². The molecule has 2 rings (SSSR count). The molecule has 7 heteroatoms. The van der Waals surface area contributed by atoms with Crippen molar-refractivity contribution in [3.8, 4) is 5.75 Å². The molecule has 0 saturated heterocycles. The van der Waals surface area contributed by atoms with E-state index in [-0.39, 0.29) is 18.3 Å². The molecule has 0 aliphatic carbocycles. The number of para-hydroxylation sites is 1. The molecule has 0 aliphatic rings. The van der Waals surface area contributed by atoms with Gasteiger partial charge in [-0.05, 0) is 43.3 Å². The topological polar surface area (TPSA) is 70.7 Å². The van der Waals surface area contributed by atoms with Crippen LogP contribution in [0.5, 0.6) is 5.75 Å². The van der Waals surface area contributed by atoms with Crippen LogP contribution in [0.4, 0.5) is 14.9 Å². The summed E-state index contributed by atoms with van der Waals surface area (Å²) in [6.07, 6.45) is 0. The number of hydrogen-bond acceptors (Lipinski definition) is 4. The average molecular weight is 373 g/mol. The summed E-state index contributed by atoms with van der Waals surface area (Å²) in [5, 5.41) is 4.55. The molecule has 0 saturated carbocycles. The van der Waals surface area contributed by atoms with Gasteiger partial charge in [-0.3, -0.25) is 15.0 Å². The van der Waals surface area contributed by atoms with E-state index in [1.807, 2.05) is 43.0 Å². The van der Waals surface area contributed by atoms with Gasteiger partial charge in [-0.2, -0.15) is 0 Å². The van der Waals surface area contributed by atoms with E-state index in [0.717, 1.165) is 11.3 Å². The molecule has 1 atom stereocenters. The quantitative estimate of drug-likeness (QED) is 0.778.